The Labute approximate surface area is 104 Å². The lowest BCUT2D eigenvalue weighted by atomic mass is 10.2. The second kappa shape index (κ2) is 7.45. The van der Waals surface area contributed by atoms with Gasteiger partial charge in [-0.15, -0.1) is 0 Å². The normalized spacial score (nSPS) is 13.2. The molecule has 17 heavy (non-hydrogen) atoms. The number of hydrogen-bond acceptors (Lipinski definition) is 3. The molecule has 0 fully saturated rings. The highest BCUT2D eigenvalue weighted by Crippen LogP contribution is 2.14. The third-order valence-corrected chi connectivity index (χ3v) is 3.21. The second-order valence-electron chi connectivity index (χ2n) is 4.40. The van der Waals surface area contributed by atoms with Crippen molar-refractivity contribution in [2.75, 3.05) is 20.8 Å². The minimum absolute atomic E-state index is 0.338. The molecule has 0 radical (unpaired) electrons. The minimum Gasteiger partial charge on any atom is -0.383 e. The Morgan fingerprint density at radius 3 is 2.65 bits per heavy atom. The van der Waals surface area contributed by atoms with Gasteiger partial charge >= 0.3 is 0 Å². The van der Waals surface area contributed by atoms with Gasteiger partial charge in [0.2, 0.25) is 0 Å². The van der Waals surface area contributed by atoms with Gasteiger partial charge in [0.15, 0.2) is 0 Å². The quantitative estimate of drug-likeness (QED) is 0.754. The molecule has 1 aromatic heterocycles. The van der Waals surface area contributed by atoms with E-state index in [1.165, 1.54) is 0 Å². The van der Waals surface area contributed by atoms with Crippen LogP contribution in [0.25, 0.3) is 0 Å². The maximum atomic E-state index is 5.17. The highest BCUT2D eigenvalue weighted by atomic mass is 16.5. The molecule has 4 nitrogen and oxygen atoms in total. The van der Waals surface area contributed by atoms with Gasteiger partial charge in [-0.05, 0) is 26.0 Å². The van der Waals surface area contributed by atoms with E-state index >= 15 is 0 Å². The van der Waals surface area contributed by atoms with Crippen LogP contribution in [0.1, 0.15) is 38.4 Å². The van der Waals surface area contributed by atoms with Crippen molar-refractivity contribution in [3.8, 4) is 0 Å². The van der Waals surface area contributed by atoms with E-state index in [9.17, 15) is 0 Å². The van der Waals surface area contributed by atoms with Crippen molar-refractivity contribution in [3.63, 3.8) is 0 Å². The summed E-state index contributed by atoms with van der Waals surface area (Å²) in [4.78, 5) is 0. The summed E-state index contributed by atoms with van der Waals surface area (Å²) in [6, 6.07) is 2.97. The molecule has 98 valence electrons. The molecule has 1 unspecified atom stereocenters. The minimum atomic E-state index is 0.338. The Hall–Kier alpha value is -0.870. The average Bonchev–Trinajstić information content (AvgIpc) is 2.79. The molecule has 0 aromatic carbocycles. The van der Waals surface area contributed by atoms with Crippen molar-refractivity contribution in [2.45, 2.75) is 45.2 Å². The van der Waals surface area contributed by atoms with Crippen LogP contribution in [0.5, 0.6) is 0 Å². The predicted octanol–water partition coefficient (Wildman–Crippen LogP) is 2.02. The summed E-state index contributed by atoms with van der Waals surface area (Å²) in [6.07, 6.45) is 5.26. The summed E-state index contributed by atoms with van der Waals surface area (Å²) in [5.74, 6) is 0. The first-order valence-electron chi connectivity index (χ1n) is 6.45. The van der Waals surface area contributed by atoms with Crippen LogP contribution in [0.2, 0.25) is 0 Å². The van der Waals surface area contributed by atoms with Crippen LogP contribution in [0.15, 0.2) is 12.3 Å². The zero-order valence-electron chi connectivity index (χ0n) is 11.4. The van der Waals surface area contributed by atoms with Crippen molar-refractivity contribution in [1.29, 1.82) is 0 Å². The summed E-state index contributed by atoms with van der Waals surface area (Å²) in [5.41, 5.74) is 1.13. The molecular formula is C13H25N3O. The lowest BCUT2D eigenvalue weighted by Gasteiger charge is -2.14. The number of methoxy groups -OCH3 is 1. The van der Waals surface area contributed by atoms with Crippen molar-refractivity contribution >= 4 is 0 Å². The Morgan fingerprint density at radius 2 is 2.12 bits per heavy atom. The van der Waals surface area contributed by atoms with Crippen molar-refractivity contribution < 1.29 is 4.74 Å². The molecular weight excluding hydrogens is 214 g/mol. The summed E-state index contributed by atoms with van der Waals surface area (Å²) >= 11 is 0. The van der Waals surface area contributed by atoms with Crippen molar-refractivity contribution in [3.05, 3.63) is 18.0 Å². The fraction of sp³-hybridized carbons (Fsp3) is 0.769. The third-order valence-electron chi connectivity index (χ3n) is 3.21. The zero-order valence-corrected chi connectivity index (χ0v) is 11.4. The van der Waals surface area contributed by atoms with Crippen LogP contribution >= 0.6 is 0 Å². The van der Waals surface area contributed by atoms with Crippen LogP contribution in [0.4, 0.5) is 0 Å². The van der Waals surface area contributed by atoms with Crippen molar-refractivity contribution in [1.82, 2.24) is 15.1 Å². The summed E-state index contributed by atoms with van der Waals surface area (Å²) < 4.78 is 7.26. The van der Waals surface area contributed by atoms with Gasteiger partial charge in [-0.3, -0.25) is 4.68 Å². The fourth-order valence-electron chi connectivity index (χ4n) is 2.05. The van der Waals surface area contributed by atoms with Gasteiger partial charge in [-0.1, -0.05) is 13.8 Å². The van der Waals surface area contributed by atoms with E-state index in [0.29, 0.717) is 18.7 Å². The van der Waals surface area contributed by atoms with E-state index in [1.54, 1.807) is 7.11 Å². The number of rotatable bonds is 8. The van der Waals surface area contributed by atoms with E-state index in [4.69, 9.17) is 4.74 Å². The van der Waals surface area contributed by atoms with E-state index in [-0.39, 0.29) is 0 Å². The first-order valence-corrected chi connectivity index (χ1v) is 6.45. The molecule has 1 aromatic rings. The van der Waals surface area contributed by atoms with Crippen LogP contribution in [0, 0.1) is 0 Å². The third kappa shape index (κ3) is 4.13. The van der Waals surface area contributed by atoms with Crippen LogP contribution in [0.3, 0.4) is 0 Å². The molecule has 0 saturated carbocycles. The largest absolute Gasteiger partial charge is 0.383 e. The van der Waals surface area contributed by atoms with Gasteiger partial charge in [0.05, 0.1) is 18.3 Å². The Morgan fingerprint density at radius 1 is 1.41 bits per heavy atom. The Balaban J connectivity index is 2.60. The Kier molecular flexibility index (Phi) is 6.22. The molecule has 0 amide bonds. The summed E-state index contributed by atoms with van der Waals surface area (Å²) in [6.45, 7) is 5.13. The molecule has 1 N–H and O–H groups in total. The van der Waals surface area contributed by atoms with E-state index in [2.05, 4.69) is 41.2 Å². The molecule has 1 atom stereocenters. The van der Waals surface area contributed by atoms with Crippen LogP contribution in [-0.2, 0) is 11.2 Å². The molecule has 0 aliphatic rings. The van der Waals surface area contributed by atoms with Gasteiger partial charge in [0.25, 0.3) is 0 Å². The lowest BCUT2D eigenvalue weighted by molar-refractivity contribution is 0.169. The maximum absolute atomic E-state index is 5.17. The monoisotopic (exact) mass is 239 g/mol. The number of nitrogens with zero attached hydrogens (tertiary/aromatic N) is 2. The number of likely N-dealkylation sites (N-methyl/N-ethyl adjacent to an activating group) is 1. The van der Waals surface area contributed by atoms with Gasteiger partial charge in [0, 0.05) is 25.8 Å². The molecule has 0 aliphatic carbocycles. The smallest absolute Gasteiger partial charge is 0.0641 e. The van der Waals surface area contributed by atoms with E-state index < -0.39 is 0 Å². The number of hydrogen-bond donors (Lipinski definition) is 1. The average molecular weight is 239 g/mol. The predicted molar refractivity (Wildman–Crippen MR) is 70.3 cm³/mol. The van der Waals surface area contributed by atoms with Gasteiger partial charge < -0.3 is 10.1 Å². The topological polar surface area (TPSA) is 39.1 Å². The number of aromatic nitrogens is 2. The zero-order chi connectivity index (χ0) is 12.7. The summed E-state index contributed by atoms with van der Waals surface area (Å²) in [5, 5.41) is 7.89. The molecule has 0 bridgehead atoms. The number of ether oxygens (including phenoxy) is 1. The molecule has 0 spiro atoms. The van der Waals surface area contributed by atoms with Gasteiger partial charge in [-0.2, -0.15) is 5.10 Å². The van der Waals surface area contributed by atoms with E-state index in [0.717, 1.165) is 25.0 Å². The van der Waals surface area contributed by atoms with Gasteiger partial charge in [0.1, 0.15) is 0 Å². The first-order chi connectivity index (χ1) is 8.24. The number of nitrogens with one attached hydrogen (secondary N) is 1. The lowest BCUT2D eigenvalue weighted by Crippen LogP contribution is -2.32. The van der Waals surface area contributed by atoms with Crippen molar-refractivity contribution in [2.24, 2.45) is 0 Å². The molecule has 0 aliphatic heterocycles. The standard InChI is InChI=1S/C13H25N3O/c1-5-13(6-2)16-8-7-11(15-16)9-12(14-3)10-17-4/h7-8,12-14H,5-6,9-10H2,1-4H3. The highest BCUT2D eigenvalue weighted by molar-refractivity contribution is 5.02. The van der Waals surface area contributed by atoms with Gasteiger partial charge in [-0.25, -0.2) is 0 Å². The SMILES string of the molecule is CCC(CC)n1ccc(CC(COC)NC)n1. The molecule has 1 rings (SSSR count). The Bertz CT molecular complexity index is 307. The molecule has 0 saturated heterocycles. The summed E-state index contributed by atoms with van der Waals surface area (Å²) in [7, 11) is 3.69. The molecule has 1 heterocycles. The fourth-order valence-corrected chi connectivity index (χ4v) is 2.05. The maximum Gasteiger partial charge on any atom is 0.0641 e. The van der Waals surface area contributed by atoms with Crippen LogP contribution in [-0.4, -0.2) is 36.6 Å². The highest BCUT2D eigenvalue weighted by Gasteiger charge is 2.11. The first kappa shape index (κ1) is 14.2. The molecule has 4 heteroatoms. The van der Waals surface area contributed by atoms with E-state index in [1.807, 2.05) is 7.05 Å². The van der Waals surface area contributed by atoms with Crippen LogP contribution < -0.4 is 5.32 Å². The second-order valence-corrected chi connectivity index (χ2v) is 4.40.